The number of urea groups is 1. The van der Waals surface area contributed by atoms with Gasteiger partial charge in [-0.2, -0.15) is 13.2 Å². The summed E-state index contributed by atoms with van der Waals surface area (Å²) in [5.74, 6) is -1.05. The lowest BCUT2D eigenvalue weighted by Gasteiger charge is -2.30. The number of ether oxygens (including phenoxy) is 1. The Labute approximate surface area is 121 Å². The Morgan fingerprint density at radius 1 is 1.24 bits per heavy atom. The third kappa shape index (κ3) is 10.9. The van der Waals surface area contributed by atoms with Gasteiger partial charge in [-0.25, -0.2) is 4.79 Å². The first kappa shape index (κ1) is 19.5. The molecule has 21 heavy (non-hydrogen) atoms. The van der Waals surface area contributed by atoms with Crippen molar-refractivity contribution in [1.29, 1.82) is 0 Å². The predicted octanol–water partition coefficient (Wildman–Crippen LogP) is 1.75. The van der Waals surface area contributed by atoms with Gasteiger partial charge in [0.1, 0.15) is 6.61 Å². The molecule has 0 aliphatic rings. The lowest BCUT2D eigenvalue weighted by molar-refractivity contribution is -0.173. The minimum atomic E-state index is -4.40. The first-order valence-corrected chi connectivity index (χ1v) is 6.32. The Kier molecular flexibility index (Phi) is 7.48. The molecule has 0 saturated carbocycles. The molecule has 0 fully saturated rings. The number of hydrogen-bond acceptors (Lipinski definition) is 3. The van der Waals surface area contributed by atoms with Gasteiger partial charge in [-0.1, -0.05) is 20.8 Å². The topological polar surface area (TPSA) is 87.7 Å². The van der Waals surface area contributed by atoms with Gasteiger partial charge in [0, 0.05) is 12.6 Å². The molecule has 3 N–H and O–H groups in total. The van der Waals surface area contributed by atoms with E-state index >= 15 is 0 Å². The summed E-state index contributed by atoms with van der Waals surface area (Å²) >= 11 is 0. The highest BCUT2D eigenvalue weighted by Gasteiger charge is 2.29. The second kappa shape index (κ2) is 8.06. The van der Waals surface area contributed by atoms with Crippen LogP contribution in [-0.4, -0.2) is 49.1 Å². The first-order chi connectivity index (χ1) is 9.42. The molecule has 124 valence electrons. The number of amides is 2. The zero-order valence-corrected chi connectivity index (χ0v) is 12.2. The number of hydrogen-bond donors (Lipinski definition) is 3. The number of carbonyl (C=O) groups excluding carboxylic acids is 1. The van der Waals surface area contributed by atoms with Crippen molar-refractivity contribution in [2.75, 3.05) is 19.8 Å². The van der Waals surface area contributed by atoms with Gasteiger partial charge in [0.05, 0.1) is 13.0 Å². The van der Waals surface area contributed by atoms with Crippen molar-refractivity contribution >= 4 is 12.0 Å². The van der Waals surface area contributed by atoms with Gasteiger partial charge in [0.15, 0.2) is 0 Å². The van der Waals surface area contributed by atoms with Gasteiger partial charge >= 0.3 is 18.2 Å². The molecule has 2 amide bonds. The number of halogens is 3. The number of carboxylic acid groups (broad SMARTS) is 1. The molecule has 1 atom stereocenters. The van der Waals surface area contributed by atoms with Crippen LogP contribution in [0.3, 0.4) is 0 Å². The molecule has 0 aromatic heterocycles. The summed E-state index contributed by atoms with van der Waals surface area (Å²) in [4.78, 5) is 22.3. The van der Waals surface area contributed by atoms with E-state index < -0.39 is 36.2 Å². The lowest BCUT2D eigenvalue weighted by Crippen LogP contribution is -2.49. The van der Waals surface area contributed by atoms with Crippen LogP contribution < -0.4 is 10.6 Å². The Hall–Kier alpha value is -1.51. The third-order valence-corrected chi connectivity index (χ3v) is 2.53. The van der Waals surface area contributed by atoms with Crippen molar-refractivity contribution in [3.63, 3.8) is 0 Å². The van der Waals surface area contributed by atoms with E-state index in [4.69, 9.17) is 5.11 Å². The minimum absolute atomic E-state index is 0.105. The van der Waals surface area contributed by atoms with Crippen LogP contribution in [0.5, 0.6) is 0 Å². The van der Waals surface area contributed by atoms with E-state index in [0.717, 1.165) is 0 Å². The number of carbonyl (C=O) groups is 2. The Morgan fingerprint density at radius 2 is 1.81 bits per heavy atom. The molecule has 0 radical (unpaired) electrons. The van der Waals surface area contributed by atoms with Gasteiger partial charge < -0.3 is 20.5 Å². The molecule has 9 heteroatoms. The Bertz CT molecular complexity index is 353. The highest BCUT2D eigenvalue weighted by molar-refractivity contribution is 5.75. The van der Waals surface area contributed by atoms with Crippen molar-refractivity contribution < 1.29 is 32.6 Å². The number of aliphatic carboxylic acids is 1. The summed E-state index contributed by atoms with van der Waals surface area (Å²) < 4.78 is 39.7. The van der Waals surface area contributed by atoms with E-state index in [1.807, 2.05) is 0 Å². The van der Waals surface area contributed by atoms with Crippen LogP contribution in [0.25, 0.3) is 0 Å². The van der Waals surface area contributed by atoms with Crippen molar-refractivity contribution in [3.8, 4) is 0 Å². The molecule has 0 aliphatic heterocycles. The average molecular weight is 314 g/mol. The standard InChI is InChI=1S/C12H21F3N2O4/c1-11(2,3)8(6-9(18)19)17-10(20)16-4-5-21-7-12(13,14)15/h8H,4-7H2,1-3H3,(H,18,19)(H2,16,17,20). The summed E-state index contributed by atoms with van der Waals surface area (Å²) in [6, 6.07) is -1.25. The van der Waals surface area contributed by atoms with Crippen molar-refractivity contribution in [2.45, 2.75) is 39.4 Å². The van der Waals surface area contributed by atoms with Gasteiger partial charge in [-0.15, -0.1) is 0 Å². The van der Waals surface area contributed by atoms with Crippen molar-refractivity contribution in [3.05, 3.63) is 0 Å². The predicted molar refractivity (Wildman–Crippen MR) is 68.9 cm³/mol. The van der Waals surface area contributed by atoms with E-state index in [9.17, 15) is 22.8 Å². The van der Waals surface area contributed by atoms with E-state index in [0.29, 0.717) is 0 Å². The Morgan fingerprint density at radius 3 is 2.24 bits per heavy atom. The maximum absolute atomic E-state index is 11.8. The van der Waals surface area contributed by atoms with Crippen LogP contribution in [0.15, 0.2) is 0 Å². The quantitative estimate of drug-likeness (QED) is 0.625. The molecule has 1 unspecified atom stereocenters. The molecule has 0 bridgehead atoms. The minimum Gasteiger partial charge on any atom is -0.481 e. The summed E-state index contributed by atoms with van der Waals surface area (Å²) in [7, 11) is 0. The monoisotopic (exact) mass is 314 g/mol. The molecule has 6 nitrogen and oxygen atoms in total. The highest BCUT2D eigenvalue weighted by Crippen LogP contribution is 2.21. The number of alkyl halides is 3. The largest absolute Gasteiger partial charge is 0.481 e. The fourth-order valence-electron chi connectivity index (χ4n) is 1.38. The average Bonchev–Trinajstić information content (AvgIpc) is 2.24. The van der Waals surface area contributed by atoms with E-state index in [1.165, 1.54) is 0 Å². The van der Waals surface area contributed by atoms with Crippen molar-refractivity contribution in [1.82, 2.24) is 10.6 Å². The Balaban J connectivity index is 4.07. The summed E-state index contributed by atoms with van der Waals surface area (Å²) in [6.07, 6.45) is -4.65. The molecule has 0 rings (SSSR count). The van der Waals surface area contributed by atoms with Crippen LogP contribution in [0.2, 0.25) is 0 Å². The lowest BCUT2D eigenvalue weighted by atomic mass is 9.85. The highest BCUT2D eigenvalue weighted by atomic mass is 19.4. The fourth-order valence-corrected chi connectivity index (χ4v) is 1.38. The van der Waals surface area contributed by atoms with Crippen molar-refractivity contribution in [2.24, 2.45) is 5.41 Å². The molecule has 0 aromatic carbocycles. The fraction of sp³-hybridized carbons (Fsp3) is 0.833. The number of carboxylic acids is 1. The van der Waals surface area contributed by atoms with Crippen LogP contribution >= 0.6 is 0 Å². The number of rotatable bonds is 7. The van der Waals surface area contributed by atoms with Gasteiger partial charge in [0.25, 0.3) is 0 Å². The maximum atomic E-state index is 11.8. The summed E-state index contributed by atoms with van der Waals surface area (Å²) in [6.45, 7) is 3.55. The van der Waals surface area contributed by atoms with Crippen LogP contribution in [0, 0.1) is 5.41 Å². The molecule has 0 heterocycles. The van der Waals surface area contributed by atoms with E-state index in [-0.39, 0.29) is 19.6 Å². The van der Waals surface area contributed by atoms with Crippen LogP contribution in [0.4, 0.5) is 18.0 Å². The maximum Gasteiger partial charge on any atom is 0.411 e. The van der Waals surface area contributed by atoms with Gasteiger partial charge in [0.2, 0.25) is 0 Å². The zero-order valence-electron chi connectivity index (χ0n) is 12.2. The van der Waals surface area contributed by atoms with Gasteiger partial charge in [-0.05, 0) is 5.41 Å². The van der Waals surface area contributed by atoms with Gasteiger partial charge in [-0.3, -0.25) is 4.79 Å². The molecule has 0 aliphatic carbocycles. The van der Waals surface area contributed by atoms with Crippen LogP contribution in [-0.2, 0) is 9.53 Å². The molecule has 0 spiro atoms. The molecular weight excluding hydrogens is 293 g/mol. The zero-order chi connectivity index (χ0) is 16.7. The molecular formula is C12H21F3N2O4. The summed E-state index contributed by atoms with van der Waals surface area (Å²) in [5.41, 5.74) is -0.470. The molecule has 0 saturated heterocycles. The smallest absolute Gasteiger partial charge is 0.411 e. The SMILES string of the molecule is CC(C)(C)C(CC(=O)O)NC(=O)NCCOCC(F)(F)F. The van der Waals surface area contributed by atoms with E-state index in [2.05, 4.69) is 15.4 Å². The summed E-state index contributed by atoms with van der Waals surface area (Å²) in [5, 5.41) is 13.6. The second-order valence-corrected chi connectivity index (χ2v) is 5.58. The van der Waals surface area contributed by atoms with Crippen LogP contribution in [0.1, 0.15) is 27.2 Å². The van der Waals surface area contributed by atoms with E-state index in [1.54, 1.807) is 20.8 Å². The normalized spacial score (nSPS) is 13.6. The third-order valence-electron chi connectivity index (χ3n) is 2.53. The first-order valence-electron chi connectivity index (χ1n) is 6.32. The number of nitrogens with one attached hydrogen (secondary N) is 2. The molecule has 0 aromatic rings. The second-order valence-electron chi connectivity index (χ2n) is 5.58.